The number of fused-ring (bicyclic) bond motifs is 4. The summed E-state index contributed by atoms with van der Waals surface area (Å²) in [4.78, 5) is 17.5. The van der Waals surface area contributed by atoms with Crippen LogP contribution in [-0.2, 0) is 0 Å². The van der Waals surface area contributed by atoms with Gasteiger partial charge in [0.1, 0.15) is 5.52 Å². The van der Waals surface area contributed by atoms with Crippen LogP contribution in [0.3, 0.4) is 0 Å². The Morgan fingerprint density at radius 1 is 0.771 bits per heavy atom. The molecule has 0 radical (unpaired) electrons. The molecule has 2 N–H and O–H groups in total. The minimum atomic E-state index is -0.268. The second-order valence-electron chi connectivity index (χ2n) is 8.20. The second kappa shape index (κ2) is 8.66. The molecule has 0 aliphatic heterocycles. The van der Waals surface area contributed by atoms with Crippen molar-refractivity contribution in [1.29, 1.82) is 0 Å². The van der Waals surface area contributed by atoms with Gasteiger partial charge in [0.05, 0.1) is 0 Å². The fourth-order valence-electron chi connectivity index (χ4n) is 4.18. The van der Waals surface area contributed by atoms with E-state index in [9.17, 15) is 4.79 Å². The predicted octanol–water partition coefficient (Wildman–Crippen LogP) is 6.93. The normalized spacial score (nSPS) is 11.1. The van der Waals surface area contributed by atoms with Crippen molar-refractivity contribution in [2.24, 2.45) is 0 Å². The number of nitrogens with zero attached hydrogens (tertiary/aromatic N) is 1. The van der Waals surface area contributed by atoms with E-state index in [1.807, 2.05) is 91.0 Å². The topological polar surface area (TPSA) is 67.2 Å². The summed E-state index contributed by atoms with van der Waals surface area (Å²) in [7, 11) is 0. The first-order valence-electron chi connectivity index (χ1n) is 11.1. The van der Waals surface area contributed by atoms with Crippen molar-refractivity contribution in [3.05, 3.63) is 109 Å². The number of carbonyl (C=O) groups excluding carboxylic acids is 1. The summed E-state index contributed by atoms with van der Waals surface area (Å²) < 4.78 is 6.04. The van der Waals surface area contributed by atoms with Gasteiger partial charge in [-0.15, -0.1) is 0 Å². The molecule has 1 amide bonds. The maximum atomic E-state index is 12.7. The number of nitrogens with one attached hydrogen (secondary N) is 2. The van der Waals surface area contributed by atoms with Crippen molar-refractivity contribution in [1.82, 2.24) is 10.3 Å². The lowest BCUT2D eigenvalue weighted by Gasteiger charge is -2.10. The molecule has 0 atom stereocenters. The van der Waals surface area contributed by atoms with Crippen LogP contribution in [0.1, 0.15) is 10.4 Å². The summed E-state index contributed by atoms with van der Waals surface area (Å²) in [6, 6.07) is 33.1. The Balaban J connectivity index is 1.21. The highest BCUT2D eigenvalue weighted by Crippen LogP contribution is 2.30. The molecule has 35 heavy (non-hydrogen) atoms. The van der Waals surface area contributed by atoms with Gasteiger partial charge in [0.2, 0.25) is 5.89 Å². The highest BCUT2D eigenvalue weighted by molar-refractivity contribution is 7.80. The minimum absolute atomic E-state index is 0.212. The van der Waals surface area contributed by atoms with Crippen LogP contribution >= 0.6 is 12.2 Å². The lowest BCUT2D eigenvalue weighted by Crippen LogP contribution is -2.34. The number of thiocarbonyl (C=S) groups is 1. The van der Waals surface area contributed by atoms with E-state index in [1.165, 1.54) is 0 Å². The Bertz CT molecular complexity index is 1760. The van der Waals surface area contributed by atoms with Crippen LogP contribution in [0.15, 0.2) is 108 Å². The summed E-state index contributed by atoms with van der Waals surface area (Å²) in [5.74, 6) is 0.251. The van der Waals surface area contributed by atoms with Gasteiger partial charge in [0, 0.05) is 22.2 Å². The summed E-state index contributed by atoms with van der Waals surface area (Å²) in [5, 5.41) is 10.3. The van der Waals surface area contributed by atoms with Gasteiger partial charge < -0.3 is 9.73 Å². The molecule has 5 aromatic carbocycles. The predicted molar refractivity (Wildman–Crippen MR) is 145 cm³/mol. The molecule has 0 spiro atoms. The zero-order valence-corrected chi connectivity index (χ0v) is 19.3. The Morgan fingerprint density at radius 3 is 2.43 bits per heavy atom. The summed E-state index contributed by atoms with van der Waals surface area (Å²) in [6.45, 7) is 0. The van der Waals surface area contributed by atoms with Crippen molar-refractivity contribution in [2.45, 2.75) is 0 Å². The first-order chi connectivity index (χ1) is 17.1. The molecule has 6 heteroatoms. The Morgan fingerprint density at radius 2 is 1.54 bits per heavy atom. The Kier molecular flexibility index (Phi) is 5.20. The molecule has 0 unspecified atom stereocenters. The first-order valence-corrected chi connectivity index (χ1v) is 11.5. The molecule has 0 aliphatic carbocycles. The van der Waals surface area contributed by atoms with E-state index < -0.39 is 0 Å². The van der Waals surface area contributed by atoms with E-state index in [-0.39, 0.29) is 11.0 Å². The van der Waals surface area contributed by atoms with Crippen LogP contribution in [0, 0.1) is 0 Å². The van der Waals surface area contributed by atoms with Gasteiger partial charge in [0.25, 0.3) is 5.91 Å². The fourth-order valence-corrected chi connectivity index (χ4v) is 4.39. The van der Waals surface area contributed by atoms with Crippen LogP contribution in [0.4, 0.5) is 5.69 Å². The number of aromatic nitrogens is 1. The molecule has 6 rings (SSSR count). The van der Waals surface area contributed by atoms with Gasteiger partial charge >= 0.3 is 0 Å². The van der Waals surface area contributed by atoms with E-state index in [2.05, 4.69) is 16.7 Å². The SMILES string of the molecule is O=C(NC(=S)Nc1cccc(-c2nc3c(ccc4ccccc43)o2)c1)c1ccc2ccccc2c1. The zero-order chi connectivity index (χ0) is 23.8. The Labute approximate surface area is 206 Å². The third-order valence-corrected chi connectivity index (χ3v) is 6.09. The Hall–Kier alpha value is -4.55. The van der Waals surface area contributed by atoms with Crippen LogP contribution in [0.25, 0.3) is 44.1 Å². The second-order valence-corrected chi connectivity index (χ2v) is 8.61. The smallest absolute Gasteiger partial charge is 0.257 e. The van der Waals surface area contributed by atoms with Crippen molar-refractivity contribution >= 4 is 61.6 Å². The molecule has 6 aromatic rings. The molecule has 1 aromatic heterocycles. The van der Waals surface area contributed by atoms with Crippen LogP contribution in [-0.4, -0.2) is 16.0 Å². The monoisotopic (exact) mass is 473 g/mol. The lowest BCUT2D eigenvalue weighted by atomic mass is 10.1. The number of carbonyl (C=O) groups is 1. The van der Waals surface area contributed by atoms with E-state index in [1.54, 1.807) is 6.07 Å². The number of hydrogen-bond donors (Lipinski definition) is 2. The summed E-state index contributed by atoms with van der Waals surface area (Å²) >= 11 is 5.39. The molecule has 1 heterocycles. The van der Waals surface area contributed by atoms with Crippen molar-refractivity contribution in [2.75, 3.05) is 5.32 Å². The van der Waals surface area contributed by atoms with Crippen molar-refractivity contribution in [3.8, 4) is 11.5 Å². The number of rotatable bonds is 3. The third kappa shape index (κ3) is 4.11. The molecular weight excluding hydrogens is 454 g/mol. The van der Waals surface area contributed by atoms with E-state index >= 15 is 0 Å². The maximum absolute atomic E-state index is 12.7. The van der Waals surface area contributed by atoms with Crippen LogP contribution in [0.2, 0.25) is 0 Å². The van der Waals surface area contributed by atoms with Crippen LogP contribution in [0.5, 0.6) is 0 Å². The standard InChI is InChI=1S/C29H19N3O2S/c33-27(21-13-12-18-6-1-2-8-20(18)16-21)32-29(35)30-23-10-5-9-22(17-23)28-31-26-24-11-4-3-7-19(24)14-15-25(26)34-28/h1-17H,(H2,30,32,33,35). The van der Waals surface area contributed by atoms with Crippen LogP contribution < -0.4 is 10.6 Å². The van der Waals surface area contributed by atoms with Gasteiger partial charge in [-0.1, -0.05) is 66.7 Å². The lowest BCUT2D eigenvalue weighted by molar-refractivity contribution is 0.0978. The highest BCUT2D eigenvalue weighted by atomic mass is 32.1. The molecule has 0 saturated heterocycles. The van der Waals surface area contributed by atoms with Gasteiger partial charge in [-0.05, 0) is 64.8 Å². The van der Waals surface area contributed by atoms with E-state index in [4.69, 9.17) is 21.6 Å². The van der Waals surface area contributed by atoms with Crippen molar-refractivity contribution < 1.29 is 9.21 Å². The molecule has 168 valence electrons. The molecular formula is C29H19N3O2S. The third-order valence-electron chi connectivity index (χ3n) is 5.89. The largest absolute Gasteiger partial charge is 0.436 e. The highest BCUT2D eigenvalue weighted by Gasteiger charge is 2.13. The number of benzene rings is 5. The van der Waals surface area contributed by atoms with Crippen molar-refractivity contribution in [3.63, 3.8) is 0 Å². The average Bonchev–Trinajstić information content (AvgIpc) is 3.34. The van der Waals surface area contributed by atoms with E-state index in [0.29, 0.717) is 11.5 Å². The van der Waals surface area contributed by atoms with Gasteiger partial charge in [-0.2, -0.15) is 0 Å². The zero-order valence-electron chi connectivity index (χ0n) is 18.5. The van der Waals surface area contributed by atoms with E-state index in [0.717, 1.165) is 43.9 Å². The number of anilines is 1. The number of oxazole rings is 1. The molecule has 5 nitrogen and oxygen atoms in total. The van der Waals surface area contributed by atoms with Gasteiger partial charge in [0.15, 0.2) is 10.7 Å². The average molecular weight is 474 g/mol. The minimum Gasteiger partial charge on any atom is -0.436 e. The summed E-state index contributed by atoms with van der Waals surface area (Å²) in [5.41, 5.74) is 3.63. The number of amides is 1. The maximum Gasteiger partial charge on any atom is 0.257 e. The fraction of sp³-hybridized carbons (Fsp3) is 0. The van der Waals surface area contributed by atoms with Gasteiger partial charge in [-0.3, -0.25) is 10.1 Å². The first kappa shape index (κ1) is 21.0. The molecule has 0 fully saturated rings. The molecule has 0 aliphatic rings. The summed E-state index contributed by atoms with van der Waals surface area (Å²) in [6.07, 6.45) is 0. The quantitative estimate of drug-likeness (QED) is 0.273. The molecule has 0 bridgehead atoms. The van der Waals surface area contributed by atoms with Gasteiger partial charge in [-0.25, -0.2) is 4.98 Å². The molecule has 0 saturated carbocycles. The number of hydrogen-bond acceptors (Lipinski definition) is 4.